The Hall–Kier alpha value is -1.32. The first kappa shape index (κ1) is 10.2. The van der Waals surface area contributed by atoms with Gasteiger partial charge in [-0.1, -0.05) is 23.2 Å². The highest BCUT2D eigenvalue weighted by Gasteiger charge is 2.09. The molecule has 2 heterocycles. The van der Waals surface area contributed by atoms with Gasteiger partial charge in [-0.05, 0) is 18.2 Å². The van der Waals surface area contributed by atoms with Crippen molar-refractivity contribution in [1.82, 2.24) is 9.55 Å². The minimum absolute atomic E-state index is 0.417. The minimum Gasteiger partial charge on any atom is -0.296 e. The first-order chi connectivity index (χ1) is 7.22. The van der Waals surface area contributed by atoms with E-state index in [9.17, 15) is 4.79 Å². The van der Waals surface area contributed by atoms with Crippen molar-refractivity contribution in [2.24, 2.45) is 0 Å². The fourth-order valence-corrected chi connectivity index (χ4v) is 1.70. The van der Waals surface area contributed by atoms with E-state index in [1.165, 1.54) is 0 Å². The predicted molar refractivity (Wildman–Crippen MR) is 59.0 cm³/mol. The summed E-state index contributed by atoms with van der Waals surface area (Å²) in [6, 6.07) is 4.98. The van der Waals surface area contributed by atoms with Gasteiger partial charge < -0.3 is 0 Å². The number of hydrogen-bond acceptors (Lipinski definition) is 2. The van der Waals surface area contributed by atoms with E-state index in [-0.39, 0.29) is 0 Å². The highest BCUT2D eigenvalue weighted by Crippen LogP contribution is 2.22. The van der Waals surface area contributed by atoms with Gasteiger partial charge in [-0.15, -0.1) is 0 Å². The zero-order valence-electron chi connectivity index (χ0n) is 7.52. The van der Waals surface area contributed by atoms with Gasteiger partial charge in [0.25, 0.3) is 0 Å². The average Bonchev–Trinajstić information content (AvgIpc) is 2.60. The third-order valence-electron chi connectivity index (χ3n) is 1.90. The number of rotatable bonds is 2. The normalized spacial score (nSPS) is 10.3. The third-order valence-corrected chi connectivity index (χ3v) is 2.41. The number of aldehydes is 1. The summed E-state index contributed by atoms with van der Waals surface area (Å²) in [5, 5.41) is 0.937. The Kier molecular flexibility index (Phi) is 2.75. The molecule has 2 aromatic heterocycles. The molecule has 0 fully saturated rings. The largest absolute Gasteiger partial charge is 0.296 e. The Morgan fingerprint density at radius 2 is 2.20 bits per heavy atom. The maximum Gasteiger partial charge on any atom is 0.166 e. The Labute approximate surface area is 96.3 Å². The summed E-state index contributed by atoms with van der Waals surface area (Å²) in [6.07, 6.45) is 3.90. The maximum absolute atomic E-state index is 10.8. The SMILES string of the molecule is O=Cc1cc(Cl)cn1-c1ncccc1Cl. The van der Waals surface area contributed by atoms with E-state index >= 15 is 0 Å². The van der Waals surface area contributed by atoms with Crippen LogP contribution >= 0.6 is 23.2 Å². The van der Waals surface area contributed by atoms with Crippen LogP contribution in [0.4, 0.5) is 0 Å². The molecule has 2 rings (SSSR count). The number of aromatic nitrogens is 2. The van der Waals surface area contributed by atoms with Crippen LogP contribution in [0, 0.1) is 0 Å². The van der Waals surface area contributed by atoms with E-state index in [1.807, 2.05) is 0 Å². The first-order valence-electron chi connectivity index (χ1n) is 4.16. The number of carbonyl (C=O) groups excluding carboxylic acids is 1. The van der Waals surface area contributed by atoms with Crippen molar-refractivity contribution in [1.29, 1.82) is 0 Å². The van der Waals surface area contributed by atoms with Crippen molar-refractivity contribution in [3.63, 3.8) is 0 Å². The number of hydrogen-bond donors (Lipinski definition) is 0. The number of carbonyl (C=O) groups is 1. The molecule has 0 aliphatic rings. The average molecular weight is 241 g/mol. The molecule has 0 aliphatic heterocycles. The Bertz CT molecular complexity index is 508. The van der Waals surface area contributed by atoms with Gasteiger partial charge >= 0.3 is 0 Å². The van der Waals surface area contributed by atoms with Crippen LogP contribution in [0.15, 0.2) is 30.6 Å². The van der Waals surface area contributed by atoms with E-state index in [0.717, 1.165) is 0 Å². The van der Waals surface area contributed by atoms with Gasteiger partial charge in [-0.2, -0.15) is 0 Å². The second-order valence-corrected chi connectivity index (χ2v) is 3.72. The molecule has 0 N–H and O–H groups in total. The highest BCUT2D eigenvalue weighted by atomic mass is 35.5. The summed E-state index contributed by atoms with van der Waals surface area (Å²) >= 11 is 11.8. The number of halogens is 2. The van der Waals surface area contributed by atoms with Crippen molar-refractivity contribution in [2.75, 3.05) is 0 Å². The lowest BCUT2D eigenvalue weighted by molar-refractivity contribution is 0.111. The van der Waals surface area contributed by atoms with Crippen molar-refractivity contribution in [3.8, 4) is 5.82 Å². The molecule has 0 aliphatic carbocycles. The summed E-state index contributed by atoms with van der Waals surface area (Å²) in [5.74, 6) is 0.494. The van der Waals surface area contributed by atoms with Gasteiger partial charge in [0, 0.05) is 12.4 Å². The van der Waals surface area contributed by atoms with Crippen molar-refractivity contribution < 1.29 is 4.79 Å². The van der Waals surface area contributed by atoms with Crippen LogP contribution in [0.2, 0.25) is 10.0 Å². The van der Waals surface area contributed by atoms with Crippen molar-refractivity contribution >= 4 is 29.5 Å². The Balaban J connectivity index is 2.63. The molecule has 0 saturated carbocycles. The molecule has 3 nitrogen and oxygen atoms in total. The number of pyridine rings is 1. The van der Waals surface area contributed by atoms with Crippen LogP contribution in [0.5, 0.6) is 0 Å². The summed E-state index contributed by atoms with van der Waals surface area (Å²) in [5.41, 5.74) is 0.417. The lowest BCUT2D eigenvalue weighted by Gasteiger charge is -2.05. The molecular formula is C10H6Cl2N2O. The molecule has 0 atom stereocenters. The molecule has 0 saturated heterocycles. The first-order valence-corrected chi connectivity index (χ1v) is 4.92. The second kappa shape index (κ2) is 4.04. The fourth-order valence-electron chi connectivity index (χ4n) is 1.27. The molecule has 0 bridgehead atoms. The van der Waals surface area contributed by atoms with Gasteiger partial charge in [0.2, 0.25) is 0 Å². The fraction of sp³-hybridized carbons (Fsp3) is 0. The van der Waals surface area contributed by atoms with Crippen LogP contribution < -0.4 is 0 Å². The molecule has 0 amide bonds. The molecule has 2 aromatic rings. The molecule has 0 aromatic carbocycles. The second-order valence-electron chi connectivity index (χ2n) is 2.88. The van der Waals surface area contributed by atoms with E-state index in [2.05, 4.69) is 4.98 Å². The van der Waals surface area contributed by atoms with E-state index in [0.29, 0.717) is 27.8 Å². The standard InChI is InChI=1S/C10H6Cl2N2O/c11-7-4-8(6-15)14(5-7)10-9(12)2-1-3-13-10/h1-6H. The van der Waals surface area contributed by atoms with Crippen LogP contribution in [0.1, 0.15) is 10.5 Å². The van der Waals surface area contributed by atoms with Gasteiger partial charge in [0.05, 0.1) is 15.7 Å². The molecule has 76 valence electrons. The molecule has 0 radical (unpaired) electrons. The summed E-state index contributed by atoms with van der Waals surface area (Å²) in [6.45, 7) is 0. The van der Waals surface area contributed by atoms with E-state index in [4.69, 9.17) is 23.2 Å². The molecular weight excluding hydrogens is 235 g/mol. The molecule has 15 heavy (non-hydrogen) atoms. The minimum atomic E-state index is 0.417. The zero-order valence-corrected chi connectivity index (χ0v) is 9.03. The smallest absolute Gasteiger partial charge is 0.166 e. The predicted octanol–water partition coefficient (Wildman–Crippen LogP) is 2.99. The monoisotopic (exact) mass is 240 g/mol. The lowest BCUT2D eigenvalue weighted by Crippen LogP contribution is -2.00. The third kappa shape index (κ3) is 1.89. The van der Waals surface area contributed by atoms with Gasteiger partial charge in [-0.3, -0.25) is 9.36 Å². The zero-order chi connectivity index (χ0) is 10.8. The number of nitrogens with zero attached hydrogens (tertiary/aromatic N) is 2. The Morgan fingerprint density at radius 3 is 2.87 bits per heavy atom. The summed E-state index contributed by atoms with van der Waals surface area (Å²) in [7, 11) is 0. The van der Waals surface area contributed by atoms with Crippen LogP contribution in [-0.4, -0.2) is 15.8 Å². The highest BCUT2D eigenvalue weighted by molar-refractivity contribution is 6.32. The summed E-state index contributed by atoms with van der Waals surface area (Å²) in [4.78, 5) is 14.9. The van der Waals surface area contributed by atoms with Crippen LogP contribution in [-0.2, 0) is 0 Å². The van der Waals surface area contributed by atoms with E-state index < -0.39 is 0 Å². The van der Waals surface area contributed by atoms with Crippen molar-refractivity contribution in [3.05, 3.63) is 46.3 Å². The van der Waals surface area contributed by atoms with Crippen LogP contribution in [0.3, 0.4) is 0 Å². The van der Waals surface area contributed by atoms with Crippen molar-refractivity contribution in [2.45, 2.75) is 0 Å². The maximum atomic E-state index is 10.8. The quantitative estimate of drug-likeness (QED) is 0.757. The van der Waals surface area contributed by atoms with Gasteiger partial charge in [0.1, 0.15) is 0 Å². The van der Waals surface area contributed by atoms with Gasteiger partial charge in [0.15, 0.2) is 12.1 Å². The lowest BCUT2D eigenvalue weighted by atomic mass is 10.4. The molecule has 0 spiro atoms. The van der Waals surface area contributed by atoms with Crippen LogP contribution in [0.25, 0.3) is 5.82 Å². The molecule has 5 heteroatoms. The topological polar surface area (TPSA) is 34.9 Å². The van der Waals surface area contributed by atoms with Gasteiger partial charge in [-0.25, -0.2) is 4.98 Å². The van der Waals surface area contributed by atoms with E-state index in [1.54, 1.807) is 35.2 Å². The molecule has 0 unspecified atom stereocenters. The Morgan fingerprint density at radius 1 is 1.40 bits per heavy atom. The summed E-state index contributed by atoms with van der Waals surface area (Å²) < 4.78 is 1.55.